The number of carbonyl (C=O) groups excluding carboxylic acids is 1. The highest BCUT2D eigenvalue weighted by atomic mass is 16.2. The van der Waals surface area contributed by atoms with Crippen LogP contribution in [0.4, 0.5) is 0 Å². The molecule has 0 aromatic heterocycles. The average molecular weight is 196 g/mol. The molecular weight excluding hydrogens is 176 g/mol. The Bertz CT molecular complexity index is 217. The Morgan fingerprint density at radius 3 is 2.57 bits per heavy atom. The van der Waals surface area contributed by atoms with Crippen LogP contribution < -0.4 is 5.43 Å². The van der Waals surface area contributed by atoms with E-state index in [1.165, 1.54) is 32.1 Å². The molecule has 1 rings (SSSR count). The lowest BCUT2D eigenvalue weighted by Gasteiger charge is -2.20. The number of nitrogens with zero attached hydrogens (tertiary/aromatic N) is 1. The van der Waals surface area contributed by atoms with E-state index in [0.29, 0.717) is 12.3 Å². The van der Waals surface area contributed by atoms with E-state index in [1.54, 1.807) is 0 Å². The van der Waals surface area contributed by atoms with Crippen molar-refractivity contribution in [1.29, 1.82) is 0 Å². The van der Waals surface area contributed by atoms with Gasteiger partial charge in [0.15, 0.2) is 0 Å². The van der Waals surface area contributed by atoms with Crippen LogP contribution >= 0.6 is 0 Å². The lowest BCUT2D eigenvalue weighted by Crippen LogP contribution is -2.22. The lowest BCUT2D eigenvalue weighted by atomic mass is 9.86. The molecule has 0 unspecified atom stereocenters. The fourth-order valence-corrected chi connectivity index (χ4v) is 1.84. The fourth-order valence-electron chi connectivity index (χ4n) is 1.84. The second kappa shape index (κ2) is 5.78. The van der Waals surface area contributed by atoms with Crippen molar-refractivity contribution in [3.8, 4) is 0 Å². The predicted molar refractivity (Wildman–Crippen MR) is 58.1 cm³/mol. The molecule has 0 saturated heterocycles. The highest BCUT2D eigenvalue weighted by molar-refractivity contribution is 5.86. The van der Waals surface area contributed by atoms with E-state index < -0.39 is 0 Å². The van der Waals surface area contributed by atoms with Gasteiger partial charge in [0.1, 0.15) is 0 Å². The number of nitrogens with one attached hydrogen (secondary N) is 1. The number of amides is 1. The molecule has 0 aromatic rings. The van der Waals surface area contributed by atoms with Crippen molar-refractivity contribution in [2.45, 2.75) is 52.4 Å². The molecule has 3 nitrogen and oxygen atoms in total. The number of rotatable bonds is 3. The first-order valence-electron chi connectivity index (χ1n) is 5.57. The minimum Gasteiger partial charge on any atom is -0.273 e. The fraction of sp³-hybridized carbons (Fsp3) is 0.818. The Kier molecular flexibility index (Phi) is 4.63. The second-order valence-electron chi connectivity index (χ2n) is 3.98. The number of carbonyl (C=O) groups is 1. The SMILES string of the molecule is CCC(=O)N/N=C(\C)C1CCCCC1. The summed E-state index contributed by atoms with van der Waals surface area (Å²) >= 11 is 0. The summed E-state index contributed by atoms with van der Waals surface area (Å²) in [6.07, 6.45) is 6.93. The van der Waals surface area contributed by atoms with Crippen molar-refractivity contribution in [3.05, 3.63) is 0 Å². The summed E-state index contributed by atoms with van der Waals surface area (Å²) in [6, 6.07) is 0. The van der Waals surface area contributed by atoms with Gasteiger partial charge in [0, 0.05) is 12.1 Å². The lowest BCUT2D eigenvalue weighted by molar-refractivity contribution is -0.120. The largest absolute Gasteiger partial charge is 0.273 e. The van der Waals surface area contributed by atoms with E-state index in [1.807, 2.05) is 13.8 Å². The summed E-state index contributed by atoms with van der Waals surface area (Å²) in [5, 5.41) is 4.14. The Hall–Kier alpha value is -0.860. The normalized spacial score (nSPS) is 19.4. The van der Waals surface area contributed by atoms with E-state index in [0.717, 1.165) is 5.71 Å². The quantitative estimate of drug-likeness (QED) is 0.546. The molecule has 1 N–H and O–H groups in total. The average Bonchev–Trinajstić information content (AvgIpc) is 2.26. The first-order chi connectivity index (χ1) is 6.74. The van der Waals surface area contributed by atoms with Crippen molar-refractivity contribution in [2.24, 2.45) is 11.0 Å². The van der Waals surface area contributed by atoms with E-state index in [9.17, 15) is 4.79 Å². The van der Waals surface area contributed by atoms with Gasteiger partial charge >= 0.3 is 0 Å². The van der Waals surface area contributed by atoms with Crippen LogP contribution in [0.2, 0.25) is 0 Å². The molecule has 80 valence electrons. The van der Waals surface area contributed by atoms with Gasteiger partial charge in [0.05, 0.1) is 0 Å². The zero-order valence-electron chi connectivity index (χ0n) is 9.18. The number of hydrogen-bond acceptors (Lipinski definition) is 2. The van der Waals surface area contributed by atoms with Crippen LogP contribution in [0.5, 0.6) is 0 Å². The van der Waals surface area contributed by atoms with Crippen LogP contribution in [0.3, 0.4) is 0 Å². The van der Waals surface area contributed by atoms with Crippen molar-refractivity contribution < 1.29 is 4.79 Å². The van der Waals surface area contributed by atoms with Gasteiger partial charge in [0.2, 0.25) is 5.91 Å². The summed E-state index contributed by atoms with van der Waals surface area (Å²) in [5.74, 6) is 0.598. The monoisotopic (exact) mass is 196 g/mol. The zero-order chi connectivity index (χ0) is 10.4. The highest BCUT2D eigenvalue weighted by Crippen LogP contribution is 2.24. The molecule has 0 bridgehead atoms. The van der Waals surface area contributed by atoms with Crippen LogP contribution in [0, 0.1) is 5.92 Å². The summed E-state index contributed by atoms with van der Waals surface area (Å²) in [7, 11) is 0. The van der Waals surface area contributed by atoms with Crippen LogP contribution in [0.25, 0.3) is 0 Å². The molecule has 0 atom stereocenters. The first-order valence-corrected chi connectivity index (χ1v) is 5.57. The van der Waals surface area contributed by atoms with Gasteiger partial charge in [-0.1, -0.05) is 26.2 Å². The molecular formula is C11H20N2O. The molecule has 1 aliphatic carbocycles. The molecule has 14 heavy (non-hydrogen) atoms. The molecule has 0 aliphatic heterocycles. The van der Waals surface area contributed by atoms with Gasteiger partial charge in [-0.2, -0.15) is 5.10 Å². The van der Waals surface area contributed by atoms with Gasteiger partial charge in [0.25, 0.3) is 0 Å². The van der Waals surface area contributed by atoms with Crippen molar-refractivity contribution in [3.63, 3.8) is 0 Å². The van der Waals surface area contributed by atoms with Crippen LogP contribution in [0.15, 0.2) is 5.10 Å². The molecule has 0 spiro atoms. The third kappa shape index (κ3) is 3.48. The Balaban J connectivity index is 2.37. The van der Waals surface area contributed by atoms with E-state index in [2.05, 4.69) is 10.5 Å². The third-order valence-electron chi connectivity index (χ3n) is 2.87. The second-order valence-corrected chi connectivity index (χ2v) is 3.98. The van der Waals surface area contributed by atoms with Crippen molar-refractivity contribution >= 4 is 11.6 Å². The molecule has 0 heterocycles. The van der Waals surface area contributed by atoms with E-state index in [-0.39, 0.29) is 5.91 Å². The topological polar surface area (TPSA) is 41.5 Å². The molecule has 1 fully saturated rings. The summed E-state index contributed by atoms with van der Waals surface area (Å²) < 4.78 is 0. The Morgan fingerprint density at radius 1 is 1.36 bits per heavy atom. The molecule has 1 aliphatic rings. The van der Waals surface area contributed by atoms with Gasteiger partial charge < -0.3 is 0 Å². The van der Waals surface area contributed by atoms with Crippen LogP contribution in [0.1, 0.15) is 52.4 Å². The number of hydrazone groups is 1. The zero-order valence-corrected chi connectivity index (χ0v) is 9.18. The molecule has 0 radical (unpaired) electrons. The summed E-state index contributed by atoms with van der Waals surface area (Å²) in [6.45, 7) is 3.85. The summed E-state index contributed by atoms with van der Waals surface area (Å²) in [4.78, 5) is 11.0. The van der Waals surface area contributed by atoms with Gasteiger partial charge in [-0.3, -0.25) is 4.79 Å². The molecule has 1 saturated carbocycles. The molecule has 1 amide bonds. The maximum absolute atomic E-state index is 11.0. The van der Waals surface area contributed by atoms with E-state index in [4.69, 9.17) is 0 Å². The molecule has 3 heteroatoms. The highest BCUT2D eigenvalue weighted by Gasteiger charge is 2.16. The third-order valence-corrected chi connectivity index (χ3v) is 2.87. The maximum Gasteiger partial charge on any atom is 0.239 e. The van der Waals surface area contributed by atoms with Gasteiger partial charge in [-0.05, 0) is 25.7 Å². The van der Waals surface area contributed by atoms with Crippen molar-refractivity contribution in [1.82, 2.24) is 5.43 Å². The maximum atomic E-state index is 11.0. The van der Waals surface area contributed by atoms with Gasteiger partial charge in [-0.15, -0.1) is 0 Å². The standard InChI is InChI=1S/C11H20N2O/c1-3-11(14)13-12-9(2)10-7-5-4-6-8-10/h10H,3-8H2,1-2H3,(H,13,14)/b12-9+. The predicted octanol–water partition coefficient (Wildman–Crippen LogP) is 2.47. The smallest absolute Gasteiger partial charge is 0.239 e. The van der Waals surface area contributed by atoms with Crippen LogP contribution in [-0.4, -0.2) is 11.6 Å². The Morgan fingerprint density at radius 2 is 2.00 bits per heavy atom. The van der Waals surface area contributed by atoms with E-state index >= 15 is 0 Å². The first kappa shape index (κ1) is 11.2. The van der Waals surface area contributed by atoms with Crippen LogP contribution in [-0.2, 0) is 4.79 Å². The Labute approximate surface area is 86.0 Å². The summed E-state index contributed by atoms with van der Waals surface area (Å²) in [5.41, 5.74) is 3.67. The number of hydrogen-bond donors (Lipinski definition) is 1. The van der Waals surface area contributed by atoms with Crippen molar-refractivity contribution in [2.75, 3.05) is 0 Å². The minimum absolute atomic E-state index is 0.000148. The molecule has 0 aromatic carbocycles. The van der Waals surface area contributed by atoms with Gasteiger partial charge in [-0.25, -0.2) is 5.43 Å². The minimum atomic E-state index is 0.000148.